The minimum atomic E-state index is -0.648. The van der Waals surface area contributed by atoms with E-state index < -0.39 is 11.6 Å². The summed E-state index contributed by atoms with van der Waals surface area (Å²) < 4.78 is 29.7. The highest BCUT2D eigenvalue weighted by Crippen LogP contribution is 2.31. The summed E-state index contributed by atoms with van der Waals surface area (Å²) in [6.45, 7) is 6.25. The number of hydrazone groups is 1. The molecule has 1 aliphatic rings. The zero-order chi connectivity index (χ0) is 26.7. The van der Waals surface area contributed by atoms with Crippen molar-refractivity contribution in [1.82, 2.24) is 24.8 Å². The van der Waals surface area contributed by atoms with Gasteiger partial charge >= 0.3 is 0 Å². The van der Waals surface area contributed by atoms with Crippen LogP contribution >= 0.6 is 0 Å². The van der Waals surface area contributed by atoms with Gasteiger partial charge in [-0.3, -0.25) is 4.68 Å². The SMILES string of the molecule is CCN(CC1CCCC1)c1nc2c(cc1CN(Cc1cc(F)cc(F)c1)/C(N)=N/N(C)N)c(C)nn2C. The van der Waals surface area contributed by atoms with Gasteiger partial charge in [0.15, 0.2) is 5.65 Å². The number of halogens is 2. The van der Waals surface area contributed by atoms with Crippen molar-refractivity contribution in [2.24, 2.45) is 29.6 Å². The molecule has 1 aromatic carbocycles. The zero-order valence-electron chi connectivity index (χ0n) is 22.1. The van der Waals surface area contributed by atoms with Crippen LogP contribution in [0.5, 0.6) is 0 Å². The van der Waals surface area contributed by atoms with Gasteiger partial charge in [-0.05, 0) is 56.4 Å². The first kappa shape index (κ1) is 26.6. The molecule has 0 bridgehead atoms. The Morgan fingerprint density at radius 2 is 1.81 bits per heavy atom. The third kappa shape index (κ3) is 6.27. The van der Waals surface area contributed by atoms with Crippen LogP contribution in [0.4, 0.5) is 14.6 Å². The lowest BCUT2D eigenvalue weighted by molar-refractivity contribution is 0.337. The van der Waals surface area contributed by atoms with Crippen molar-refractivity contribution in [3.8, 4) is 0 Å². The molecular weight excluding hydrogens is 476 g/mol. The quantitative estimate of drug-likeness (QED) is 0.195. The van der Waals surface area contributed by atoms with E-state index in [2.05, 4.69) is 28.1 Å². The second-order valence-electron chi connectivity index (χ2n) is 9.91. The maximum atomic E-state index is 14.0. The molecule has 1 fully saturated rings. The second-order valence-corrected chi connectivity index (χ2v) is 9.91. The summed E-state index contributed by atoms with van der Waals surface area (Å²) in [4.78, 5) is 9.15. The zero-order valence-corrected chi connectivity index (χ0v) is 22.1. The average molecular weight is 514 g/mol. The van der Waals surface area contributed by atoms with Crippen LogP contribution in [-0.2, 0) is 20.1 Å². The highest BCUT2D eigenvalue weighted by atomic mass is 19.1. The van der Waals surface area contributed by atoms with E-state index in [1.54, 1.807) is 16.6 Å². The Bertz CT molecular complexity index is 1240. The van der Waals surface area contributed by atoms with Gasteiger partial charge in [-0.25, -0.2) is 24.7 Å². The number of aryl methyl sites for hydroxylation is 2. The topological polar surface area (TPSA) is 105 Å². The van der Waals surface area contributed by atoms with Crippen LogP contribution in [0.2, 0.25) is 0 Å². The molecule has 37 heavy (non-hydrogen) atoms. The van der Waals surface area contributed by atoms with E-state index in [9.17, 15) is 8.78 Å². The summed E-state index contributed by atoms with van der Waals surface area (Å²) in [6.07, 6.45) is 4.97. The van der Waals surface area contributed by atoms with Crippen molar-refractivity contribution in [3.05, 3.63) is 52.7 Å². The number of aromatic nitrogens is 3. The lowest BCUT2D eigenvalue weighted by Gasteiger charge is -2.30. The molecule has 9 nitrogen and oxygen atoms in total. The first-order valence-corrected chi connectivity index (χ1v) is 12.7. The number of nitrogens with zero attached hydrogens (tertiary/aromatic N) is 7. The molecule has 0 saturated heterocycles. The lowest BCUT2D eigenvalue weighted by Crippen LogP contribution is -2.40. The summed E-state index contributed by atoms with van der Waals surface area (Å²) in [5, 5.41) is 10.8. The number of guanidine groups is 1. The predicted molar refractivity (Wildman–Crippen MR) is 142 cm³/mol. The van der Waals surface area contributed by atoms with Gasteiger partial charge in [0.2, 0.25) is 5.96 Å². The van der Waals surface area contributed by atoms with Crippen molar-refractivity contribution in [1.29, 1.82) is 0 Å². The van der Waals surface area contributed by atoms with E-state index in [0.717, 1.165) is 52.4 Å². The highest BCUT2D eigenvalue weighted by molar-refractivity contribution is 5.82. The van der Waals surface area contributed by atoms with Crippen LogP contribution in [0, 0.1) is 24.5 Å². The number of fused-ring (bicyclic) bond motifs is 1. The number of pyridine rings is 1. The third-order valence-electron chi connectivity index (χ3n) is 6.93. The molecular formula is C26H37F2N9. The second kappa shape index (κ2) is 11.3. The van der Waals surface area contributed by atoms with Crippen LogP contribution in [0.25, 0.3) is 11.0 Å². The molecule has 1 aliphatic carbocycles. The van der Waals surface area contributed by atoms with E-state index >= 15 is 0 Å². The van der Waals surface area contributed by atoms with Gasteiger partial charge in [-0.1, -0.05) is 12.8 Å². The third-order valence-corrected chi connectivity index (χ3v) is 6.93. The minimum absolute atomic E-state index is 0.127. The number of hydrazine groups is 1. The molecule has 0 atom stereocenters. The maximum absolute atomic E-state index is 14.0. The molecule has 11 heteroatoms. The molecule has 200 valence electrons. The summed E-state index contributed by atoms with van der Waals surface area (Å²) >= 11 is 0. The first-order valence-electron chi connectivity index (χ1n) is 12.7. The summed E-state index contributed by atoms with van der Waals surface area (Å²) in [5.41, 5.74) is 9.39. The smallest absolute Gasteiger partial charge is 0.216 e. The largest absolute Gasteiger partial charge is 0.368 e. The van der Waals surface area contributed by atoms with Crippen LogP contribution in [0.3, 0.4) is 0 Å². The van der Waals surface area contributed by atoms with Gasteiger partial charge < -0.3 is 15.5 Å². The molecule has 2 heterocycles. The first-order chi connectivity index (χ1) is 17.6. The number of nitrogens with two attached hydrogens (primary N) is 2. The number of rotatable bonds is 9. The van der Waals surface area contributed by atoms with Crippen LogP contribution in [0.1, 0.15) is 49.4 Å². The van der Waals surface area contributed by atoms with Crippen molar-refractivity contribution in [2.75, 3.05) is 25.0 Å². The van der Waals surface area contributed by atoms with Gasteiger partial charge in [0, 0.05) is 57.3 Å². The monoisotopic (exact) mass is 513 g/mol. The molecule has 0 unspecified atom stereocenters. The van der Waals surface area contributed by atoms with Gasteiger partial charge in [0.25, 0.3) is 0 Å². The van der Waals surface area contributed by atoms with Gasteiger partial charge in [0.1, 0.15) is 17.5 Å². The molecule has 0 aliphatic heterocycles. The van der Waals surface area contributed by atoms with Crippen molar-refractivity contribution >= 4 is 22.8 Å². The lowest BCUT2D eigenvalue weighted by atomic mass is 10.1. The number of hydrogen-bond acceptors (Lipinski definition) is 6. The van der Waals surface area contributed by atoms with Crippen LogP contribution < -0.4 is 16.5 Å². The Hall–Kier alpha value is -3.47. The van der Waals surface area contributed by atoms with Gasteiger partial charge in [-0.15, -0.1) is 5.10 Å². The fourth-order valence-corrected chi connectivity index (χ4v) is 5.21. The summed E-state index contributed by atoms with van der Waals surface area (Å²) in [7, 11) is 3.46. The predicted octanol–water partition coefficient (Wildman–Crippen LogP) is 3.61. The molecule has 2 aromatic heterocycles. The minimum Gasteiger partial charge on any atom is -0.368 e. The Morgan fingerprint density at radius 1 is 1.14 bits per heavy atom. The Kier molecular flexibility index (Phi) is 8.11. The fraction of sp³-hybridized carbons (Fsp3) is 0.500. The molecule has 0 spiro atoms. The number of benzene rings is 1. The van der Waals surface area contributed by atoms with E-state index in [1.165, 1.54) is 37.8 Å². The van der Waals surface area contributed by atoms with E-state index in [0.29, 0.717) is 18.0 Å². The van der Waals surface area contributed by atoms with E-state index in [-0.39, 0.29) is 12.5 Å². The van der Waals surface area contributed by atoms with Crippen LogP contribution in [0.15, 0.2) is 29.4 Å². The van der Waals surface area contributed by atoms with Gasteiger partial charge in [-0.2, -0.15) is 5.10 Å². The maximum Gasteiger partial charge on any atom is 0.216 e. The molecule has 0 radical (unpaired) electrons. The summed E-state index contributed by atoms with van der Waals surface area (Å²) in [6, 6.07) is 5.53. The molecule has 0 amide bonds. The van der Waals surface area contributed by atoms with Crippen LogP contribution in [-0.4, -0.2) is 50.9 Å². The number of hydrogen-bond donors (Lipinski definition) is 2. The summed E-state index contributed by atoms with van der Waals surface area (Å²) in [5.74, 6) is 6.06. The molecule has 1 saturated carbocycles. The van der Waals surface area contributed by atoms with Gasteiger partial charge in [0.05, 0.1) is 5.69 Å². The average Bonchev–Trinajstić information content (AvgIpc) is 3.43. The van der Waals surface area contributed by atoms with Crippen molar-refractivity contribution in [3.63, 3.8) is 0 Å². The normalized spacial score (nSPS) is 14.5. The Balaban J connectivity index is 1.77. The molecule has 4 rings (SSSR count). The molecule has 3 aromatic rings. The Morgan fingerprint density at radius 3 is 2.43 bits per heavy atom. The fourth-order valence-electron chi connectivity index (χ4n) is 5.21. The number of anilines is 1. The van der Waals surface area contributed by atoms with Crippen molar-refractivity contribution < 1.29 is 8.78 Å². The Labute approximate surface area is 216 Å². The van der Waals surface area contributed by atoms with E-state index in [1.807, 2.05) is 14.0 Å². The molecule has 4 N–H and O–H groups in total. The van der Waals surface area contributed by atoms with Crippen molar-refractivity contribution in [2.45, 2.75) is 52.6 Å². The van der Waals surface area contributed by atoms with E-state index in [4.69, 9.17) is 16.6 Å². The highest BCUT2D eigenvalue weighted by Gasteiger charge is 2.24. The standard InChI is InChI=1S/C26H37F2N9/c1-5-36(14-18-8-6-7-9-18)24-20(12-23-17(2)32-34(3)25(23)31-24)16-37(26(29)33-35(4)30)15-19-10-21(27)13-22(28)11-19/h10-13,18H,5-9,14-16,30H2,1-4H3,(H2,29,33).